The van der Waals surface area contributed by atoms with Crippen molar-refractivity contribution in [3.8, 4) is 11.5 Å². The molecule has 1 aromatic rings. The van der Waals surface area contributed by atoms with Crippen molar-refractivity contribution >= 4 is 6.03 Å². The third-order valence-electron chi connectivity index (χ3n) is 3.71. The van der Waals surface area contributed by atoms with Gasteiger partial charge in [0.1, 0.15) is 18.1 Å². The molecule has 0 aliphatic heterocycles. The van der Waals surface area contributed by atoms with E-state index in [0.29, 0.717) is 25.8 Å². The molecule has 0 spiro atoms. The number of carbonyl (C=O) groups is 1. The summed E-state index contributed by atoms with van der Waals surface area (Å²) in [6.45, 7) is 3.50. The first-order valence-corrected chi connectivity index (χ1v) is 8.18. The zero-order valence-electron chi connectivity index (χ0n) is 13.3. The molecule has 1 aliphatic rings. The predicted octanol–water partition coefficient (Wildman–Crippen LogP) is 3.10. The standard InChI is InChI=1S/C17H26N2O3/c1-2-21-15-9-6-10-16(13-15)22-12-11-18-17(20)19-14-7-4-3-5-8-14/h6,9-10,13-14H,2-5,7-8,11-12H2,1H3,(H2,18,19,20). The van der Waals surface area contributed by atoms with Gasteiger partial charge in [-0.1, -0.05) is 25.3 Å². The van der Waals surface area contributed by atoms with Crippen LogP contribution in [-0.4, -0.2) is 31.8 Å². The minimum absolute atomic E-state index is 0.0985. The molecule has 0 heterocycles. The van der Waals surface area contributed by atoms with Crippen LogP contribution in [0, 0.1) is 0 Å². The largest absolute Gasteiger partial charge is 0.494 e. The first-order chi connectivity index (χ1) is 10.8. The fourth-order valence-electron chi connectivity index (χ4n) is 2.64. The van der Waals surface area contributed by atoms with Crippen molar-refractivity contribution in [3.63, 3.8) is 0 Å². The molecular weight excluding hydrogens is 280 g/mol. The summed E-state index contributed by atoms with van der Waals surface area (Å²) in [5.41, 5.74) is 0. The van der Waals surface area contributed by atoms with Gasteiger partial charge in [-0.3, -0.25) is 0 Å². The SMILES string of the molecule is CCOc1cccc(OCCNC(=O)NC2CCCCC2)c1. The van der Waals surface area contributed by atoms with Crippen molar-refractivity contribution < 1.29 is 14.3 Å². The highest BCUT2D eigenvalue weighted by Gasteiger charge is 2.14. The highest BCUT2D eigenvalue weighted by molar-refractivity contribution is 5.74. The second-order valence-corrected chi connectivity index (χ2v) is 5.49. The van der Waals surface area contributed by atoms with Crippen LogP contribution in [0.3, 0.4) is 0 Å². The third-order valence-corrected chi connectivity index (χ3v) is 3.71. The van der Waals surface area contributed by atoms with Crippen LogP contribution in [0.1, 0.15) is 39.0 Å². The fraction of sp³-hybridized carbons (Fsp3) is 0.588. The number of hydrogen-bond donors (Lipinski definition) is 2. The van der Waals surface area contributed by atoms with Crippen LogP contribution in [0.5, 0.6) is 11.5 Å². The summed E-state index contributed by atoms with van der Waals surface area (Å²) in [6, 6.07) is 7.75. The number of urea groups is 1. The lowest BCUT2D eigenvalue weighted by atomic mass is 9.96. The van der Waals surface area contributed by atoms with Gasteiger partial charge >= 0.3 is 6.03 Å². The van der Waals surface area contributed by atoms with Gasteiger partial charge in [-0.15, -0.1) is 0 Å². The van der Waals surface area contributed by atoms with Gasteiger partial charge in [0.15, 0.2) is 0 Å². The topological polar surface area (TPSA) is 59.6 Å². The molecule has 1 saturated carbocycles. The van der Waals surface area contributed by atoms with E-state index in [-0.39, 0.29) is 6.03 Å². The van der Waals surface area contributed by atoms with Crippen LogP contribution in [0.15, 0.2) is 24.3 Å². The molecule has 0 saturated heterocycles. The number of carbonyl (C=O) groups excluding carboxylic acids is 1. The summed E-state index contributed by atoms with van der Waals surface area (Å²) in [4.78, 5) is 11.8. The third kappa shape index (κ3) is 5.84. The Kier molecular flexibility index (Phi) is 6.87. The minimum atomic E-state index is -0.0985. The van der Waals surface area contributed by atoms with Crippen LogP contribution in [-0.2, 0) is 0 Å². The lowest BCUT2D eigenvalue weighted by Gasteiger charge is -2.22. The Hall–Kier alpha value is -1.91. The average Bonchev–Trinajstić information content (AvgIpc) is 2.53. The van der Waals surface area contributed by atoms with Gasteiger partial charge in [-0.25, -0.2) is 4.79 Å². The summed E-state index contributed by atoms with van der Waals surface area (Å²) < 4.78 is 11.0. The first kappa shape index (κ1) is 16.5. The van der Waals surface area contributed by atoms with Crippen LogP contribution in [0.2, 0.25) is 0 Å². The number of nitrogens with one attached hydrogen (secondary N) is 2. The van der Waals surface area contributed by atoms with E-state index in [2.05, 4.69) is 10.6 Å². The molecule has 5 heteroatoms. The van der Waals surface area contributed by atoms with Crippen molar-refractivity contribution in [1.82, 2.24) is 10.6 Å². The van der Waals surface area contributed by atoms with Gasteiger partial charge in [0, 0.05) is 12.1 Å². The zero-order chi connectivity index (χ0) is 15.6. The maximum absolute atomic E-state index is 11.8. The molecule has 22 heavy (non-hydrogen) atoms. The van der Waals surface area contributed by atoms with Crippen LogP contribution in [0.4, 0.5) is 4.79 Å². The molecule has 0 aromatic heterocycles. The lowest BCUT2D eigenvalue weighted by Crippen LogP contribution is -2.44. The van der Waals surface area contributed by atoms with Gasteiger partial charge in [0.2, 0.25) is 0 Å². The monoisotopic (exact) mass is 306 g/mol. The molecule has 1 fully saturated rings. The van der Waals surface area contributed by atoms with E-state index in [1.807, 2.05) is 31.2 Å². The molecular formula is C17H26N2O3. The molecule has 2 N–H and O–H groups in total. The Morgan fingerprint density at radius 3 is 2.64 bits per heavy atom. The van der Waals surface area contributed by atoms with E-state index in [1.54, 1.807) is 0 Å². The normalized spacial score (nSPS) is 15.1. The average molecular weight is 306 g/mol. The molecule has 5 nitrogen and oxygen atoms in total. The molecule has 0 atom stereocenters. The maximum Gasteiger partial charge on any atom is 0.315 e. The Bertz CT molecular complexity index is 459. The Labute approximate surface area is 132 Å². The quantitative estimate of drug-likeness (QED) is 0.761. The molecule has 2 rings (SSSR count). The smallest absolute Gasteiger partial charge is 0.315 e. The Morgan fingerprint density at radius 2 is 1.91 bits per heavy atom. The summed E-state index contributed by atoms with van der Waals surface area (Å²) in [7, 11) is 0. The fourth-order valence-corrected chi connectivity index (χ4v) is 2.64. The minimum Gasteiger partial charge on any atom is -0.494 e. The summed E-state index contributed by atoms with van der Waals surface area (Å²) in [5.74, 6) is 1.54. The van der Waals surface area contributed by atoms with E-state index >= 15 is 0 Å². The zero-order valence-corrected chi connectivity index (χ0v) is 13.3. The molecule has 0 bridgehead atoms. The van der Waals surface area contributed by atoms with Gasteiger partial charge < -0.3 is 20.1 Å². The van der Waals surface area contributed by atoms with E-state index < -0.39 is 0 Å². The molecule has 0 unspecified atom stereocenters. The van der Waals surface area contributed by atoms with Gasteiger partial charge in [0.25, 0.3) is 0 Å². The van der Waals surface area contributed by atoms with Gasteiger partial charge in [-0.05, 0) is 31.9 Å². The number of rotatable bonds is 7. The highest BCUT2D eigenvalue weighted by atomic mass is 16.5. The summed E-state index contributed by atoms with van der Waals surface area (Å²) >= 11 is 0. The van der Waals surface area contributed by atoms with Crippen molar-refractivity contribution in [2.75, 3.05) is 19.8 Å². The highest BCUT2D eigenvalue weighted by Crippen LogP contribution is 2.19. The van der Waals surface area contributed by atoms with Crippen LogP contribution < -0.4 is 20.1 Å². The van der Waals surface area contributed by atoms with Crippen molar-refractivity contribution in [2.45, 2.75) is 45.1 Å². The van der Waals surface area contributed by atoms with Gasteiger partial charge in [-0.2, -0.15) is 0 Å². The Balaban J connectivity index is 1.61. The summed E-state index contributed by atoms with van der Waals surface area (Å²) in [5, 5.41) is 5.85. The first-order valence-electron chi connectivity index (χ1n) is 8.18. The van der Waals surface area contributed by atoms with E-state index in [4.69, 9.17) is 9.47 Å². The van der Waals surface area contributed by atoms with E-state index in [0.717, 1.165) is 24.3 Å². The Morgan fingerprint density at radius 1 is 1.18 bits per heavy atom. The molecule has 122 valence electrons. The number of ether oxygens (including phenoxy) is 2. The van der Waals surface area contributed by atoms with Crippen molar-refractivity contribution in [1.29, 1.82) is 0 Å². The second kappa shape index (κ2) is 9.18. The van der Waals surface area contributed by atoms with E-state index in [9.17, 15) is 4.79 Å². The number of hydrogen-bond acceptors (Lipinski definition) is 3. The molecule has 1 aliphatic carbocycles. The molecule has 0 radical (unpaired) electrons. The van der Waals surface area contributed by atoms with Crippen LogP contribution >= 0.6 is 0 Å². The number of benzene rings is 1. The van der Waals surface area contributed by atoms with Crippen molar-refractivity contribution in [3.05, 3.63) is 24.3 Å². The molecule has 2 amide bonds. The van der Waals surface area contributed by atoms with Crippen molar-refractivity contribution in [2.24, 2.45) is 0 Å². The van der Waals surface area contributed by atoms with Gasteiger partial charge in [0.05, 0.1) is 13.2 Å². The summed E-state index contributed by atoms with van der Waals surface area (Å²) in [6.07, 6.45) is 5.89. The predicted molar refractivity (Wildman–Crippen MR) is 86.5 cm³/mol. The lowest BCUT2D eigenvalue weighted by molar-refractivity contribution is 0.228. The number of amides is 2. The maximum atomic E-state index is 11.8. The van der Waals surface area contributed by atoms with E-state index in [1.165, 1.54) is 19.3 Å². The van der Waals surface area contributed by atoms with Crippen LogP contribution in [0.25, 0.3) is 0 Å². The molecule has 1 aromatic carbocycles. The second-order valence-electron chi connectivity index (χ2n) is 5.49.